The minimum absolute atomic E-state index is 0.0722. The maximum absolute atomic E-state index is 12.8. The first-order chi connectivity index (χ1) is 11.2. The van der Waals surface area contributed by atoms with Gasteiger partial charge >= 0.3 is 0 Å². The molecule has 0 heterocycles. The SMILES string of the molecule is CCN(C(=O)c1ccc2c(c1)Cc1ccccc1-2)[C@@H](C)COC. The maximum atomic E-state index is 12.8. The Hall–Kier alpha value is -2.13. The van der Waals surface area contributed by atoms with Gasteiger partial charge in [0.05, 0.1) is 12.6 Å². The summed E-state index contributed by atoms with van der Waals surface area (Å²) in [4.78, 5) is 14.7. The quantitative estimate of drug-likeness (QED) is 0.718. The third-order valence-electron chi connectivity index (χ3n) is 4.58. The lowest BCUT2D eigenvalue weighted by molar-refractivity contribution is 0.0579. The first-order valence-electron chi connectivity index (χ1n) is 8.16. The second kappa shape index (κ2) is 6.55. The van der Waals surface area contributed by atoms with E-state index < -0.39 is 0 Å². The monoisotopic (exact) mass is 309 g/mol. The Bertz CT molecular complexity index is 723. The third-order valence-corrected chi connectivity index (χ3v) is 4.58. The molecule has 2 aromatic rings. The van der Waals surface area contributed by atoms with Crippen LogP contribution < -0.4 is 0 Å². The predicted molar refractivity (Wildman–Crippen MR) is 92.7 cm³/mol. The molecule has 2 aromatic carbocycles. The molecule has 0 unspecified atom stereocenters. The highest BCUT2D eigenvalue weighted by molar-refractivity contribution is 5.96. The molecular formula is C20H23NO2. The Morgan fingerprint density at radius 3 is 2.65 bits per heavy atom. The zero-order valence-electron chi connectivity index (χ0n) is 14.0. The molecule has 120 valence electrons. The molecule has 0 bridgehead atoms. The van der Waals surface area contributed by atoms with Gasteiger partial charge in [0.2, 0.25) is 0 Å². The number of hydrogen-bond donors (Lipinski definition) is 0. The average molecular weight is 309 g/mol. The molecule has 1 atom stereocenters. The fourth-order valence-electron chi connectivity index (χ4n) is 3.43. The summed E-state index contributed by atoms with van der Waals surface area (Å²) >= 11 is 0. The maximum Gasteiger partial charge on any atom is 0.254 e. The standard InChI is InChI=1S/C20H23NO2/c1-4-21(14(2)13-23-3)20(22)16-9-10-19-17(12-16)11-15-7-5-6-8-18(15)19/h5-10,12,14H,4,11,13H2,1-3H3/t14-/m0/s1. The highest BCUT2D eigenvalue weighted by Crippen LogP contribution is 2.36. The summed E-state index contributed by atoms with van der Waals surface area (Å²) in [6.45, 7) is 5.26. The van der Waals surface area contributed by atoms with Gasteiger partial charge in [-0.25, -0.2) is 0 Å². The lowest BCUT2D eigenvalue weighted by Crippen LogP contribution is -2.40. The molecule has 0 aliphatic heterocycles. The van der Waals surface area contributed by atoms with Gasteiger partial charge in [0.1, 0.15) is 0 Å². The van der Waals surface area contributed by atoms with Crippen molar-refractivity contribution in [1.29, 1.82) is 0 Å². The van der Waals surface area contributed by atoms with Gasteiger partial charge in [-0.3, -0.25) is 4.79 Å². The summed E-state index contributed by atoms with van der Waals surface area (Å²) in [5.41, 5.74) is 5.90. The number of fused-ring (bicyclic) bond motifs is 3. The van der Waals surface area contributed by atoms with Crippen LogP contribution >= 0.6 is 0 Å². The van der Waals surface area contributed by atoms with Crippen molar-refractivity contribution in [3.05, 3.63) is 59.2 Å². The van der Waals surface area contributed by atoms with Crippen LogP contribution in [0.1, 0.15) is 35.3 Å². The van der Waals surface area contributed by atoms with E-state index in [1.165, 1.54) is 22.3 Å². The number of hydrogen-bond acceptors (Lipinski definition) is 2. The van der Waals surface area contributed by atoms with Crippen LogP contribution in [-0.4, -0.2) is 37.1 Å². The van der Waals surface area contributed by atoms with Crippen molar-refractivity contribution >= 4 is 5.91 Å². The number of ether oxygens (including phenoxy) is 1. The number of likely N-dealkylation sites (N-methyl/N-ethyl adjacent to an activating group) is 1. The van der Waals surface area contributed by atoms with Gasteiger partial charge in [-0.1, -0.05) is 30.3 Å². The Morgan fingerprint density at radius 1 is 1.17 bits per heavy atom. The number of benzene rings is 2. The highest BCUT2D eigenvalue weighted by Gasteiger charge is 2.23. The first-order valence-corrected chi connectivity index (χ1v) is 8.16. The summed E-state index contributed by atoms with van der Waals surface area (Å²) in [7, 11) is 1.67. The van der Waals surface area contributed by atoms with E-state index in [4.69, 9.17) is 4.74 Å². The van der Waals surface area contributed by atoms with E-state index in [1.807, 2.05) is 24.8 Å². The van der Waals surface area contributed by atoms with Gasteiger partial charge < -0.3 is 9.64 Å². The molecule has 0 radical (unpaired) electrons. The molecule has 0 saturated heterocycles. The molecule has 3 nitrogen and oxygen atoms in total. The van der Waals surface area contributed by atoms with Crippen molar-refractivity contribution < 1.29 is 9.53 Å². The summed E-state index contributed by atoms with van der Waals surface area (Å²) < 4.78 is 5.19. The largest absolute Gasteiger partial charge is 0.383 e. The first kappa shape index (κ1) is 15.8. The zero-order valence-corrected chi connectivity index (χ0v) is 14.0. The van der Waals surface area contributed by atoms with Crippen molar-refractivity contribution in [1.82, 2.24) is 4.90 Å². The van der Waals surface area contributed by atoms with Gasteiger partial charge in [0, 0.05) is 19.2 Å². The molecular weight excluding hydrogens is 286 g/mol. The van der Waals surface area contributed by atoms with Crippen LogP contribution in [0.15, 0.2) is 42.5 Å². The van der Waals surface area contributed by atoms with Crippen molar-refractivity contribution in [3.63, 3.8) is 0 Å². The highest BCUT2D eigenvalue weighted by atomic mass is 16.5. The minimum atomic E-state index is 0.0722. The lowest BCUT2D eigenvalue weighted by Gasteiger charge is -2.27. The van der Waals surface area contributed by atoms with E-state index in [-0.39, 0.29) is 11.9 Å². The Balaban J connectivity index is 1.88. The molecule has 3 rings (SSSR count). The molecule has 1 aliphatic carbocycles. The van der Waals surface area contributed by atoms with Gasteiger partial charge in [-0.15, -0.1) is 0 Å². The molecule has 23 heavy (non-hydrogen) atoms. The fraction of sp³-hybridized carbons (Fsp3) is 0.350. The number of nitrogens with zero attached hydrogens (tertiary/aromatic N) is 1. The number of carbonyl (C=O) groups excluding carboxylic acids is 1. The second-order valence-electron chi connectivity index (χ2n) is 6.10. The summed E-state index contributed by atoms with van der Waals surface area (Å²) in [5, 5.41) is 0. The predicted octanol–water partition coefficient (Wildman–Crippen LogP) is 3.75. The van der Waals surface area contributed by atoms with E-state index in [0.29, 0.717) is 13.2 Å². The van der Waals surface area contributed by atoms with Gasteiger partial charge in [-0.2, -0.15) is 0 Å². The Morgan fingerprint density at radius 2 is 1.91 bits per heavy atom. The molecule has 0 saturated carbocycles. The van der Waals surface area contributed by atoms with E-state index in [9.17, 15) is 4.79 Å². The average Bonchev–Trinajstić information content (AvgIpc) is 2.93. The lowest BCUT2D eigenvalue weighted by atomic mass is 10.0. The van der Waals surface area contributed by atoms with Gasteiger partial charge in [0.15, 0.2) is 0 Å². The Labute approximate surface area is 137 Å². The summed E-state index contributed by atoms with van der Waals surface area (Å²) in [6, 6.07) is 14.6. The number of amides is 1. The zero-order chi connectivity index (χ0) is 16.4. The Kier molecular flexibility index (Phi) is 4.49. The molecule has 0 spiro atoms. The second-order valence-corrected chi connectivity index (χ2v) is 6.10. The molecule has 0 fully saturated rings. The van der Waals surface area contributed by atoms with Crippen LogP contribution in [0.4, 0.5) is 0 Å². The van der Waals surface area contributed by atoms with Crippen LogP contribution in [0.2, 0.25) is 0 Å². The molecule has 1 aliphatic rings. The van der Waals surface area contributed by atoms with Crippen molar-refractivity contribution in [2.45, 2.75) is 26.3 Å². The normalized spacial score (nSPS) is 13.3. The van der Waals surface area contributed by atoms with Crippen LogP contribution in [0.3, 0.4) is 0 Å². The van der Waals surface area contributed by atoms with Crippen molar-refractivity contribution in [2.75, 3.05) is 20.3 Å². The third kappa shape index (κ3) is 2.89. The van der Waals surface area contributed by atoms with Gasteiger partial charge in [-0.05, 0) is 54.7 Å². The molecule has 0 N–H and O–H groups in total. The summed E-state index contributed by atoms with van der Waals surface area (Å²) in [5.74, 6) is 0.0795. The fourth-order valence-corrected chi connectivity index (χ4v) is 3.43. The van der Waals surface area contributed by atoms with E-state index >= 15 is 0 Å². The van der Waals surface area contributed by atoms with E-state index in [0.717, 1.165) is 12.0 Å². The molecule has 1 amide bonds. The number of carbonyl (C=O) groups is 1. The van der Waals surface area contributed by atoms with Crippen LogP contribution in [0, 0.1) is 0 Å². The van der Waals surface area contributed by atoms with E-state index in [2.05, 4.69) is 36.4 Å². The van der Waals surface area contributed by atoms with Crippen LogP contribution in [-0.2, 0) is 11.2 Å². The summed E-state index contributed by atoms with van der Waals surface area (Å²) in [6.07, 6.45) is 0.909. The smallest absolute Gasteiger partial charge is 0.254 e. The topological polar surface area (TPSA) is 29.5 Å². The minimum Gasteiger partial charge on any atom is -0.383 e. The van der Waals surface area contributed by atoms with Gasteiger partial charge in [0.25, 0.3) is 5.91 Å². The van der Waals surface area contributed by atoms with Crippen LogP contribution in [0.5, 0.6) is 0 Å². The van der Waals surface area contributed by atoms with Crippen LogP contribution in [0.25, 0.3) is 11.1 Å². The van der Waals surface area contributed by atoms with Crippen molar-refractivity contribution in [2.24, 2.45) is 0 Å². The number of rotatable bonds is 5. The van der Waals surface area contributed by atoms with E-state index in [1.54, 1.807) is 7.11 Å². The van der Waals surface area contributed by atoms with Crippen molar-refractivity contribution in [3.8, 4) is 11.1 Å². The molecule has 0 aromatic heterocycles. The number of methoxy groups -OCH3 is 1. The molecule has 3 heteroatoms.